The van der Waals surface area contributed by atoms with Crippen LogP contribution in [0.2, 0.25) is 0 Å². The summed E-state index contributed by atoms with van der Waals surface area (Å²) in [5.74, 6) is -0.136. The van der Waals surface area contributed by atoms with E-state index in [4.69, 9.17) is 0 Å². The van der Waals surface area contributed by atoms with Gasteiger partial charge in [0.25, 0.3) is 0 Å². The second-order valence-corrected chi connectivity index (χ2v) is 5.07. The van der Waals surface area contributed by atoms with E-state index in [1.807, 2.05) is 13.8 Å². The minimum atomic E-state index is -5.01. The number of benzene rings is 1. The van der Waals surface area contributed by atoms with E-state index < -0.39 is 23.5 Å². The van der Waals surface area contributed by atoms with Crippen LogP contribution in [0.25, 0.3) is 0 Å². The van der Waals surface area contributed by atoms with Crippen LogP contribution in [0.15, 0.2) is 18.2 Å². The van der Waals surface area contributed by atoms with Crippen molar-refractivity contribution in [3.05, 3.63) is 34.9 Å². The summed E-state index contributed by atoms with van der Waals surface area (Å²) >= 11 is 0. The molecule has 0 N–H and O–H groups in total. The average Bonchev–Trinajstić information content (AvgIpc) is 2.36. The highest BCUT2D eigenvalue weighted by Gasteiger charge is 2.43. The molecule has 0 aliphatic carbocycles. The van der Waals surface area contributed by atoms with Gasteiger partial charge in [0.1, 0.15) is 0 Å². The largest absolute Gasteiger partial charge is 0.417 e. The van der Waals surface area contributed by atoms with Gasteiger partial charge in [0.05, 0.1) is 11.1 Å². The molecule has 1 aromatic carbocycles. The van der Waals surface area contributed by atoms with Crippen molar-refractivity contribution in [1.82, 2.24) is 0 Å². The lowest BCUT2D eigenvalue weighted by atomic mass is 9.88. The third-order valence-electron chi connectivity index (χ3n) is 3.40. The molecule has 21 heavy (non-hydrogen) atoms. The lowest BCUT2D eigenvalue weighted by molar-refractivity contribution is -0.162. The summed E-state index contributed by atoms with van der Waals surface area (Å²) in [5.41, 5.74) is -2.88. The summed E-state index contributed by atoms with van der Waals surface area (Å²) in [5, 5.41) is 0. The number of hydrogen-bond donors (Lipinski definition) is 0. The van der Waals surface area contributed by atoms with Gasteiger partial charge in [-0.1, -0.05) is 32.8 Å². The summed E-state index contributed by atoms with van der Waals surface area (Å²) in [6.07, 6.45) is -7.15. The summed E-state index contributed by atoms with van der Waals surface area (Å²) < 4.78 is 76.8. The molecule has 0 radical (unpaired) electrons. The van der Waals surface area contributed by atoms with Crippen molar-refractivity contribution in [2.75, 3.05) is 0 Å². The monoisotopic (exact) mass is 312 g/mol. The zero-order valence-corrected chi connectivity index (χ0v) is 11.9. The highest BCUT2D eigenvalue weighted by atomic mass is 19.4. The zero-order chi connectivity index (χ0) is 16.3. The average molecular weight is 312 g/mol. The first kappa shape index (κ1) is 17.9. The van der Waals surface area contributed by atoms with E-state index in [0.717, 1.165) is 12.8 Å². The van der Waals surface area contributed by atoms with E-state index >= 15 is 0 Å². The second-order valence-electron chi connectivity index (χ2n) is 5.07. The van der Waals surface area contributed by atoms with E-state index in [-0.39, 0.29) is 5.92 Å². The molecule has 0 aromatic heterocycles. The number of alkyl halides is 6. The van der Waals surface area contributed by atoms with Gasteiger partial charge in [-0.05, 0) is 36.5 Å². The summed E-state index contributed by atoms with van der Waals surface area (Å²) in [6, 6.07) is 2.39. The Bertz CT molecular complexity index is 452. The first-order valence-electron chi connectivity index (χ1n) is 6.89. The van der Waals surface area contributed by atoms with Gasteiger partial charge in [0.2, 0.25) is 0 Å². The Morgan fingerprint density at radius 1 is 0.810 bits per heavy atom. The molecule has 0 saturated heterocycles. The molecule has 0 bridgehead atoms. The Labute approximate surface area is 120 Å². The van der Waals surface area contributed by atoms with E-state index in [0.29, 0.717) is 30.5 Å². The van der Waals surface area contributed by atoms with E-state index in [1.165, 1.54) is 6.07 Å². The van der Waals surface area contributed by atoms with Crippen LogP contribution in [0, 0.1) is 0 Å². The first-order valence-corrected chi connectivity index (χ1v) is 6.89. The quantitative estimate of drug-likeness (QED) is 0.551. The van der Waals surface area contributed by atoms with Gasteiger partial charge in [-0.15, -0.1) is 0 Å². The van der Waals surface area contributed by atoms with Crippen LogP contribution in [-0.2, 0) is 12.4 Å². The molecule has 0 saturated carbocycles. The maximum absolute atomic E-state index is 12.9. The topological polar surface area (TPSA) is 0 Å². The summed E-state index contributed by atoms with van der Waals surface area (Å²) in [7, 11) is 0. The lowest BCUT2D eigenvalue weighted by Crippen LogP contribution is -2.17. The van der Waals surface area contributed by atoms with Crippen molar-refractivity contribution in [3.63, 3.8) is 0 Å². The van der Waals surface area contributed by atoms with Crippen molar-refractivity contribution in [1.29, 1.82) is 0 Å². The van der Waals surface area contributed by atoms with E-state index in [1.54, 1.807) is 0 Å². The minimum absolute atomic E-state index is 0.136. The third kappa shape index (κ3) is 4.64. The maximum Gasteiger partial charge on any atom is 0.417 e. The first-order chi connectivity index (χ1) is 9.61. The van der Waals surface area contributed by atoms with Crippen LogP contribution >= 0.6 is 0 Å². The highest BCUT2D eigenvalue weighted by Crippen LogP contribution is 2.42. The smallest absolute Gasteiger partial charge is 0.166 e. The van der Waals surface area contributed by atoms with Crippen LogP contribution in [-0.4, -0.2) is 0 Å². The van der Waals surface area contributed by atoms with Crippen molar-refractivity contribution in [2.45, 2.75) is 57.8 Å². The lowest BCUT2D eigenvalue weighted by Gasteiger charge is -2.20. The molecule has 0 aliphatic heterocycles. The van der Waals surface area contributed by atoms with Gasteiger partial charge < -0.3 is 0 Å². The highest BCUT2D eigenvalue weighted by molar-refractivity contribution is 5.37. The molecule has 1 rings (SSSR count). The van der Waals surface area contributed by atoms with Gasteiger partial charge in [-0.3, -0.25) is 0 Å². The van der Waals surface area contributed by atoms with Crippen molar-refractivity contribution >= 4 is 0 Å². The molecule has 0 spiro atoms. The van der Waals surface area contributed by atoms with Crippen molar-refractivity contribution < 1.29 is 26.3 Å². The van der Waals surface area contributed by atoms with Crippen LogP contribution < -0.4 is 0 Å². The molecule has 0 aliphatic rings. The fourth-order valence-corrected chi connectivity index (χ4v) is 2.47. The molecule has 0 nitrogen and oxygen atoms in total. The standard InChI is InChI=1S/C15H18F6/c1-3-5-10(6-4-2)11-7-8-12(14(16,17)18)13(9-11)15(19,20)21/h7-10H,3-6H2,1-2H3. The maximum atomic E-state index is 12.9. The predicted molar refractivity (Wildman–Crippen MR) is 69.0 cm³/mol. The zero-order valence-electron chi connectivity index (χ0n) is 11.9. The normalized spacial score (nSPS) is 13.0. The molecule has 6 heteroatoms. The van der Waals surface area contributed by atoms with Gasteiger partial charge >= 0.3 is 12.4 Å². The Hall–Kier alpha value is -1.20. The fraction of sp³-hybridized carbons (Fsp3) is 0.600. The van der Waals surface area contributed by atoms with Crippen LogP contribution in [0.4, 0.5) is 26.3 Å². The molecular formula is C15H18F6. The number of hydrogen-bond acceptors (Lipinski definition) is 0. The van der Waals surface area contributed by atoms with Crippen LogP contribution in [0.5, 0.6) is 0 Å². The van der Waals surface area contributed by atoms with Gasteiger partial charge in [0, 0.05) is 0 Å². The predicted octanol–water partition coefficient (Wildman–Crippen LogP) is 6.41. The molecule has 120 valence electrons. The molecular weight excluding hydrogens is 294 g/mol. The fourth-order valence-electron chi connectivity index (χ4n) is 2.47. The molecule has 0 atom stereocenters. The Balaban J connectivity index is 3.33. The van der Waals surface area contributed by atoms with Gasteiger partial charge in [0.15, 0.2) is 0 Å². The summed E-state index contributed by atoms with van der Waals surface area (Å²) in [4.78, 5) is 0. The van der Waals surface area contributed by atoms with Crippen molar-refractivity contribution in [2.24, 2.45) is 0 Å². The molecule has 0 amide bonds. The number of halogens is 6. The minimum Gasteiger partial charge on any atom is -0.166 e. The van der Waals surface area contributed by atoms with Crippen LogP contribution in [0.1, 0.15) is 62.1 Å². The Morgan fingerprint density at radius 2 is 1.29 bits per heavy atom. The van der Waals surface area contributed by atoms with E-state index in [9.17, 15) is 26.3 Å². The molecule has 0 unspecified atom stereocenters. The Morgan fingerprint density at radius 3 is 1.67 bits per heavy atom. The third-order valence-corrected chi connectivity index (χ3v) is 3.40. The SMILES string of the molecule is CCCC(CCC)c1ccc(C(F)(F)F)c(C(F)(F)F)c1. The molecule has 1 aromatic rings. The van der Waals surface area contributed by atoms with Crippen molar-refractivity contribution in [3.8, 4) is 0 Å². The number of rotatable bonds is 5. The van der Waals surface area contributed by atoms with Crippen LogP contribution in [0.3, 0.4) is 0 Å². The summed E-state index contributed by atoms with van der Waals surface area (Å²) in [6.45, 7) is 3.80. The Kier molecular flexibility index (Phi) is 5.70. The second kappa shape index (κ2) is 6.71. The van der Waals surface area contributed by atoms with E-state index in [2.05, 4.69) is 0 Å². The van der Waals surface area contributed by atoms with Gasteiger partial charge in [-0.25, -0.2) is 0 Å². The molecule has 0 heterocycles. The molecule has 0 fully saturated rings. The van der Waals surface area contributed by atoms with Gasteiger partial charge in [-0.2, -0.15) is 26.3 Å².